The SMILES string of the molecule is CCC=CCCCCC=CCCCC. The Labute approximate surface area is 90.1 Å². The molecule has 0 spiro atoms. The standard InChI is InChI=1S/C14H26/c1-3-5-7-9-11-13-14-12-10-8-6-4-2/h5,7,10,12H,3-4,6,8-9,11,13-14H2,1-2H3. The summed E-state index contributed by atoms with van der Waals surface area (Å²) in [5.41, 5.74) is 0. The van der Waals surface area contributed by atoms with E-state index in [9.17, 15) is 0 Å². The van der Waals surface area contributed by atoms with Crippen LogP contribution in [0.4, 0.5) is 0 Å². The molecule has 0 aliphatic carbocycles. The molecular weight excluding hydrogens is 168 g/mol. The molecule has 0 heterocycles. The minimum absolute atomic E-state index is 1.18. The third-order valence-electron chi connectivity index (χ3n) is 2.28. The van der Waals surface area contributed by atoms with Crippen molar-refractivity contribution in [3.8, 4) is 0 Å². The molecule has 82 valence electrons. The van der Waals surface area contributed by atoms with E-state index in [1.807, 2.05) is 0 Å². The Morgan fingerprint density at radius 2 is 1.14 bits per heavy atom. The van der Waals surface area contributed by atoms with Crippen LogP contribution in [0.15, 0.2) is 24.3 Å². The fourth-order valence-corrected chi connectivity index (χ4v) is 1.37. The largest absolute Gasteiger partial charge is 0.0888 e. The summed E-state index contributed by atoms with van der Waals surface area (Å²) in [4.78, 5) is 0. The van der Waals surface area contributed by atoms with Gasteiger partial charge in [0.25, 0.3) is 0 Å². The predicted octanol–water partition coefficient (Wildman–Crippen LogP) is 5.26. The summed E-state index contributed by atoms with van der Waals surface area (Å²) in [6, 6.07) is 0. The molecule has 0 radical (unpaired) electrons. The van der Waals surface area contributed by atoms with Crippen LogP contribution in [0.2, 0.25) is 0 Å². The van der Waals surface area contributed by atoms with E-state index in [1.54, 1.807) is 0 Å². The lowest BCUT2D eigenvalue weighted by Gasteiger charge is -1.93. The van der Waals surface area contributed by atoms with Crippen molar-refractivity contribution in [3.05, 3.63) is 24.3 Å². The van der Waals surface area contributed by atoms with Crippen LogP contribution in [0, 0.1) is 0 Å². The van der Waals surface area contributed by atoms with Gasteiger partial charge in [0.2, 0.25) is 0 Å². The van der Waals surface area contributed by atoms with Crippen molar-refractivity contribution in [2.75, 3.05) is 0 Å². The fourth-order valence-electron chi connectivity index (χ4n) is 1.37. The molecule has 0 aliphatic rings. The van der Waals surface area contributed by atoms with Crippen LogP contribution >= 0.6 is 0 Å². The average molecular weight is 194 g/mol. The van der Waals surface area contributed by atoms with Crippen molar-refractivity contribution >= 4 is 0 Å². The number of unbranched alkanes of at least 4 members (excludes halogenated alkanes) is 5. The van der Waals surface area contributed by atoms with Crippen LogP contribution < -0.4 is 0 Å². The monoisotopic (exact) mass is 194 g/mol. The Hall–Kier alpha value is -0.520. The van der Waals surface area contributed by atoms with E-state index >= 15 is 0 Å². The summed E-state index contributed by atoms with van der Waals surface area (Å²) in [5.74, 6) is 0. The second-order valence-electron chi connectivity index (χ2n) is 3.78. The van der Waals surface area contributed by atoms with Gasteiger partial charge in [-0.3, -0.25) is 0 Å². The number of allylic oxidation sites excluding steroid dienone is 4. The highest BCUT2D eigenvalue weighted by Gasteiger charge is 1.83. The van der Waals surface area contributed by atoms with Gasteiger partial charge in [0.05, 0.1) is 0 Å². The summed E-state index contributed by atoms with van der Waals surface area (Å²) >= 11 is 0. The van der Waals surface area contributed by atoms with Crippen LogP contribution in [-0.2, 0) is 0 Å². The Morgan fingerprint density at radius 1 is 0.643 bits per heavy atom. The van der Waals surface area contributed by atoms with Crippen molar-refractivity contribution in [2.45, 2.75) is 65.2 Å². The molecule has 0 aromatic heterocycles. The van der Waals surface area contributed by atoms with Gasteiger partial charge in [-0.2, -0.15) is 0 Å². The molecule has 0 N–H and O–H groups in total. The van der Waals surface area contributed by atoms with E-state index in [0.29, 0.717) is 0 Å². The average Bonchev–Trinajstić information content (AvgIpc) is 2.21. The molecule has 0 heteroatoms. The molecule has 0 nitrogen and oxygen atoms in total. The second-order valence-corrected chi connectivity index (χ2v) is 3.78. The quantitative estimate of drug-likeness (QED) is 0.347. The lowest BCUT2D eigenvalue weighted by atomic mass is 10.1. The predicted molar refractivity (Wildman–Crippen MR) is 66.6 cm³/mol. The minimum atomic E-state index is 1.18. The van der Waals surface area contributed by atoms with Gasteiger partial charge in [-0.15, -0.1) is 0 Å². The summed E-state index contributed by atoms with van der Waals surface area (Å²) in [6.07, 6.45) is 19.6. The second kappa shape index (κ2) is 12.5. The third-order valence-corrected chi connectivity index (χ3v) is 2.28. The molecule has 0 unspecified atom stereocenters. The minimum Gasteiger partial charge on any atom is -0.0888 e. The van der Waals surface area contributed by atoms with Gasteiger partial charge in [0, 0.05) is 0 Å². The normalized spacial score (nSPS) is 11.9. The molecule has 0 rings (SSSR count). The molecule has 14 heavy (non-hydrogen) atoms. The van der Waals surface area contributed by atoms with E-state index in [1.165, 1.54) is 51.4 Å². The molecule has 0 amide bonds. The molecule has 0 saturated heterocycles. The Morgan fingerprint density at radius 3 is 1.64 bits per heavy atom. The van der Waals surface area contributed by atoms with Gasteiger partial charge in [0.1, 0.15) is 0 Å². The first-order valence-corrected chi connectivity index (χ1v) is 6.21. The third kappa shape index (κ3) is 11.5. The number of hydrogen-bond donors (Lipinski definition) is 0. The van der Waals surface area contributed by atoms with E-state index in [2.05, 4.69) is 38.2 Å². The maximum atomic E-state index is 2.35. The first-order chi connectivity index (χ1) is 6.91. The van der Waals surface area contributed by atoms with Crippen LogP contribution in [0.3, 0.4) is 0 Å². The van der Waals surface area contributed by atoms with E-state index in [-0.39, 0.29) is 0 Å². The van der Waals surface area contributed by atoms with Crippen LogP contribution in [0.5, 0.6) is 0 Å². The highest BCUT2D eigenvalue weighted by molar-refractivity contribution is 4.83. The summed E-state index contributed by atoms with van der Waals surface area (Å²) in [7, 11) is 0. The first-order valence-electron chi connectivity index (χ1n) is 6.21. The Balaban J connectivity index is 3.05. The lowest BCUT2D eigenvalue weighted by Crippen LogP contribution is -1.73. The molecule has 0 fully saturated rings. The Kier molecular flexibility index (Phi) is 12.0. The van der Waals surface area contributed by atoms with E-state index in [0.717, 1.165) is 0 Å². The topological polar surface area (TPSA) is 0 Å². The molecule has 0 bridgehead atoms. The number of hydrogen-bond acceptors (Lipinski definition) is 0. The maximum absolute atomic E-state index is 2.35. The molecule has 0 atom stereocenters. The van der Waals surface area contributed by atoms with Crippen molar-refractivity contribution in [2.24, 2.45) is 0 Å². The smallest absolute Gasteiger partial charge is 0.0351 e. The van der Waals surface area contributed by atoms with Crippen molar-refractivity contribution < 1.29 is 0 Å². The van der Waals surface area contributed by atoms with Gasteiger partial charge in [-0.05, 0) is 38.5 Å². The molecule has 0 aliphatic heterocycles. The molecular formula is C14H26. The molecule has 0 saturated carbocycles. The van der Waals surface area contributed by atoms with E-state index < -0.39 is 0 Å². The van der Waals surface area contributed by atoms with Crippen molar-refractivity contribution in [1.82, 2.24) is 0 Å². The molecule has 0 aromatic carbocycles. The van der Waals surface area contributed by atoms with Gasteiger partial charge >= 0.3 is 0 Å². The Bertz CT molecular complexity index is 142. The van der Waals surface area contributed by atoms with Gasteiger partial charge in [0.15, 0.2) is 0 Å². The zero-order chi connectivity index (χ0) is 10.5. The van der Waals surface area contributed by atoms with Crippen molar-refractivity contribution in [3.63, 3.8) is 0 Å². The van der Waals surface area contributed by atoms with Crippen LogP contribution in [-0.4, -0.2) is 0 Å². The summed E-state index contributed by atoms with van der Waals surface area (Å²) < 4.78 is 0. The molecule has 0 aromatic rings. The highest BCUT2D eigenvalue weighted by Crippen LogP contribution is 2.03. The first kappa shape index (κ1) is 13.5. The highest BCUT2D eigenvalue weighted by atomic mass is 13.9. The summed E-state index contributed by atoms with van der Waals surface area (Å²) in [5, 5.41) is 0. The maximum Gasteiger partial charge on any atom is -0.0351 e. The van der Waals surface area contributed by atoms with Crippen molar-refractivity contribution in [1.29, 1.82) is 0 Å². The lowest BCUT2D eigenvalue weighted by molar-refractivity contribution is 0.755. The zero-order valence-electron chi connectivity index (χ0n) is 9.97. The van der Waals surface area contributed by atoms with Crippen LogP contribution in [0.25, 0.3) is 0 Å². The van der Waals surface area contributed by atoms with Gasteiger partial charge in [-0.1, -0.05) is 51.0 Å². The fraction of sp³-hybridized carbons (Fsp3) is 0.714. The van der Waals surface area contributed by atoms with E-state index in [4.69, 9.17) is 0 Å². The summed E-state index contributed by atoms with van der Waals surface area (Å²) in [6.45, 7) is 4.43. The number of rotatable bonds is 9. The van der Waals surface area contributed by atoms with Gasteiger partial charge in [-0.25, -0.2) is 0 Å². The van der Waals surface area contributed by atoms with Crippen LogP contribution in [0.1, 0.15) is 65.2 Å². The van der Waals surface area contributed by atoms with Gasteiger partial charge < -0.3 is 0 Å². The zero-order valence-corrected chi connectivity index (χ0v) is 9.97.